The number of hydrogen-bond donors (Lipinski definition) is 0. The normalized spacial score (nSPS) is 11.7. The quantitative estimate of drug-likeness (QED) is 0.173. The van der Waals surface area contributed by atoms with Gasteiger partial charge in [-0.3, -0.25) is 4.57 Å². The Bertz CT molecular complexity index is 2970. The van der Waals surface area contributed by atoms with Gasteiger partial charge in [0.2, 0.25) is 5.95 Å². The van der Waals surface area contributed by atoms with Gasteiger partial charge in [-0.1, -0.05) is 64.3 Å². The summed E-state index contributed by atoms with van der Waals surface area (Å²) in [6, 6.07) is 29.9. The first kappa shape index (κ1) is 34.4. The van der Waals surface area contributed by atoms with E-state index in [1.54, 1.807) is 0 Å². The third kappa shape index (κ3) is 5.04. The van der Waals surface area contributed by atoms with Crippen LogP contribution in [0.2, 0.25) is 0 Å². The summed E-state index contributed by atoms with van der Waals surface area (Å²) in [5.74, 6) is 1.89. The van der Waals surface area contributed by atoms with Gasteiger partial charge in [-0.2, -0.15) is 9.97 Å². The number of fused-ring (bicyclic) bond motifs is 6. The molecule has 0 spiro atoms. The molecule has 0 saturated carbocycles. The van der Waals surface area contributed by atoms with Gasteiger partial charge in [0, 0.05) is 32.7 Å². The molecule has 0 saturated heterocycles. The molecule has 0 radical (unpaired) electrons. The zero-order chi connectivity index (χ0) is 37.7. The molecule has 6 aromatic carbocycles. The van der Waals surface area contributed by atoms with Crippen LogP contribution in [0, 0.1) is 0 Å². The Labute approximate surface area is 324 Å². The van der Waals surface area contributed by atoms with E-state index in [-0.39, 0.29) is 0 Å². The smallest absolute Gasteiger partial charge is 0.238 e. The van der Waals surface area contributed by atoms with Gasteiger partial charge < -0.3 is 4.42 Å². The van der Waals surface area contributed by atoms with Crippen molar-refractivity contribution in [3.8, 4) is 39.9 Å². The first-order valence-corrected chi connectivity index (χ1v) is 18.8. The molecule has 0 bridgehead atoms. The highest BCUT2D eigenvalue weighted by Crippen LogP contribution is 2.35. The number of aromatic nitrogens is 4. The van der Waals surface area contributed by atoms with E-state index < -0.39 is 0 Å². The molecule has 3 heterocycles. The molecule has 9 aromatic rings. The lowest BCUT2D eigenvalue weighted by Crippen LogP contribution is -2.55. The van der Waals surface area contributed by atoms with E-state index in [0.717, 1.165) is 54.9 Å². The molecule has 0 amide bonds. The van der Waals surface area contributed by atoms with Crippen LogP contribution < -0.4 is 54.6 Å². The second-order valence-electron chi connectivity index (χ2n) is 15.2. The fraction of sp³-hybridized carbons (Fsp3) is 0. The Morgan fingerprint density at radius 3 is 1.48 bits per heavy atom. The molecule has 54 heavy (non-hydrogen) atoms. The highest BCUT2D eigenvalue weighted by molar-refractivity contribution is 6.69. The van der Waals surface area contributed by atoms with Crippen molar-refractivity contribution >= 4 is 177 Å². The highest BCUT2D eigenvalue weighted by Gasteiger charge is 2.22. The molecule has 246 valence electrons. The Balaban J connectivity index is 1.28. The lowest BCUT2D eigenvalue weighted by Gasteiger charge is -2.20. The van der Waals surface area contributed by atoms with Crippen LogP contribution in [0.25, 0.3) is 83.6 Å². The maximum Gasteiger partial charge on any atom is 0.238 e. The molecule has 0 aliphatic carbocycles. The van der Waals surface area contributed by atoms with E-state index in [9.17, 15) is 0 Å². The molecule has 15 heteroatoms. The summed E-state index contributed by atoms with van der Waals surface area (Å²) in [5, 5.41) is 4.43. The van der Waals surface area contributed by atoms with Crippen LogP contribution in [-0.2, 0) is 0 Å². The van der Waals surface area contributed by atoms with Gasteiger partial charge in [0.1, 0.15) is 89.6 Å². The second kappa shape index (κ2) is 12.6. The fourth-order valence-electron chi connectivity index (χ4n) is 8.68. The third-order valence-electron chi connectivity index (χ3n) is 12.6. The topological polar surface area (TPSA) is 56.7 Å². The Morgan fingerprint density at radius 1 is 0.389 bits per heavy atom. The average molecular weight is 683 g/mol. The van der Waals surface area contributed by atoms with Crippen molar-refractivity contribution in [3.05, 3.63) is 84.9 Å². The third-order valence-corrected chi connectivity index (χ3v) is 12.6. The van der Waals surface area contributed by atoms with Crippen LogP contribution >= 0.6 is 0 Å². The first-order valence-electron chi connectivity index (χ1n) is 18.8. The summed E-state index contributed by atoms with van der Waals surface area (Å²) >= 11 is 0. The Kier molecular flexibility index (Phi) is 8.00. The zero-order valence-electron chi connectivity index (χ0n) is 32.8. The van der Waals surface area contributed by atoms with Crippen LogP contribution in [-0.4, -0.2) is 98.0 Å². The molecule has 0 atom stereocenters. The monoisotopic (exact) mass is 684 g/mol. The molecular weight excluding hydrogens is 649 g/mol. The van der Waals surface area contributed by atoms with E-state index in [1.165, 1.54) is 65.8 Å². The summed E-state index contributed by atoms with van der Waals surface area (Å²) in [7, 11) is 22.1. The first-order chi connectivity index (χ1) is 25.9. The number of para-hydroxylation sites is 2. The van der Waals surface area contributed by atoms with Crippen LogP contribution in [0.5, 0.6) is 0 Å². The zero-order valence-corrected chi connectivity index (χ0v) is 32.8. The maximum atomic E-state index is 6.55. The number of nitrogens with zero attached hydrogens (tertiary/aromatic N) is 4. The van der Waals surface area contributed by atoms with Gasteiger partial charge in [-0.15, -0.1) is 32.8 Å². The van der Waals surface area contributed by atoms with Gasteiger partial charge in [-0.05, 0) is 53.6 Å². The lowest BCUT2D eigenvalue weighted by molar-refractivity contribution is 0.669. The largest absolute Gasteiger partial charge is 0.456 e. The number of rotatable bonds is 4. The van der Waals surface area contributed by atoms with Crippen molar-refractivity contribution in [1.29, 1.82) is 0 Å². The summed E-state index contributed by atoms with van der Waals surface area (Å²) < 4.78 is 8.74. The molecule has 0 fully saturated rings. The highest BCUT2D eigenvalue weighted by atomic mass is 16.3. The summed E-state index contributed by atoms with van der Waals surface area (Å²) in [5.41, 5.74) is 21.2. The van der Waals surface area contributed by atoms with Crippen LogP contribution in [0.3, 0.4) is 0 Å². The minimum absolute atomic E-state index is 0.596. The average Bonchev–Trinajstić information content (AvgIpc) is 3.73. The number of furan rings is 1. The van der Waals surface area contributed by atoms with Gasteiger partial charge >= 0.3 is 0 Å². The van der Waals surface area contributed by atoms with Crippen LogP contribution in [0.15, 0.2) is 89.3 Å². The van der Waals surface area contributed by atoms with E-state index in [1.807, 2.05) is 0 Å². The van der Waals surface area contributed by atoms with Crippen molar-refractivity contribution in [2.75, 3.05) is 0 Å². The Hall–Kier alpha value is -5.42. The second-order valence-corrected chi connectivity index (χ2v) is 15.2. The summed E-state index contributed by atoms with van der Waals surface area (Å²) in [6.07, 6.45) is 0. The minimum atomic E-state index is 0.596. The molecule has 0 N–H and O–H groups in total. The Morgan fingerprint density at radius 2 is 0.889 bits per heavy atom. The molecule has 9 rings (SSSR count). The van der Waals surface area contributed by atoms with Crippen molar-refractivity contribution in [3.63, 3.8) is 0 Å². The molecule has 0 aliphatic heterocycles. The maximum absolute atomic E-state index is 6.55. The van der Waals surface area contributed by atoms with E-state index >= 15 is 0 Å². The summed E-state index contributed by atoms with van der Waals surface area (Å²) in [6.45, 7) is 0. The molecule has 0 aliphatic rings. The predicted molar refractivity (Wildman–Crippen MR) is 260 cm³/mol. The fourth-order valence-corrected chi connectivity index (χ4v) is 8.68. The SMILES string of the molecule is Bc1c(B)c(B)c(-c2ccc3c(c2)oc2ccc(-c4nc(-c5c(B)c(B)c(B)c(B)c5B)nc(-n5c6ccccc6c6ccccc65)n4)cc23)c(B)c1B. The van der Waals surface area contributed by atoms with Gasteiger partial charge in [-0.25, -0.2) is 4.98 Å². The number of hydrogen-bond acceptors (Lipinski definition) is 4. The van der Waals surface area contributed by atoms with Crippen molar-refractivity contribution in [2.45, 2.75) is 0 Å². The molecular formula is C39H34B10N4O. The minimum Gasteiger partial charge on any atom is -0.456 e. The standard InChI is InChI=1S/C39H34B10N4O/c40-27-25(28(41)32(45)35(48)31(27)44)15-9-11-19-20-13-16(10-12-23(20)54-24(19)14-15)37-50-38(26-29(42)33(46)36(49)34(47)30(26)43)52-39(51-37)53-21-7-3-1-5-17(21)18-6-2-4-8-22(18)53/h1-14H,40-49H2. The van der Waals surface area contributed by atoms with E-state index in [0.29, 0.717) is 17.6 Å². The predicted octanol–water partition coefficient (Wildman–Crippen LogP) is -7.55. The number of benzene rings is 6. The van der Waals surface area contributed by atoms with E-state index in [4.69, 9.17) is 19.4 Å². The van der Waals surface area contributed by atoms with Crippen LogP contribution in [0.4, 0.5) is 0 Å². The van der Waals surface area contributed by atoms with Gasteiger partial charge in [0.15, 0.2) is 11.6 Å². The lowest BCUT2D eigenvalue weighted by atomic mass is 9.59. The van der Waals surface area contributed by atoms with Crippen LogP contribution in [0.1, 0.15) is 0 Å². The van der Waals surface area contributed by atoms with Crippen molar-refractivity contribution in [1.82, 2.24) is 19.5 Å². The van der Waals surface area contributed by atoms with Gasteiger partial charge in [0.25, 0.3) is 0 Å². The summed E-state index contributed by atoms with van der Waals surface area (Å²) in [4.78, 5) is 15.9. The molecule has 5 nitrogen and oxygen atoms in total. The van der Waals surface area contributed by atoms with Crippen molar-refractivity contribution in [2.24, 2.45) is 0 Å². The molecule has 0 unspecified atom stereocenters. The molecule has 3 aromatic heterocycles. The van der Waals surface area contributed by atoms with Crippen molar-refractivity contribution < 1.29 is 4.42 Å². The van der Waals surface area contributed by atoms with E-state index in [2.05, 4.69) is 168 Å². The van der Waals surface area contributed by atoms with Gasteiger partial charge in [0.05, 0.1) is 11.0 Å².